The second kappa shape index (κ2) is 15.7. The zero-order valence-electron chi connectivity index (χ0n) is 27.5. The van der Waals surface area contributed by atoms with Gasteiger partial charge in [0, 0.05) is 57.8 Å². The average molecular weight is 642 g/mol. The van der Waals surface area contributed by atoms with E-state index >= 15 is 0 Å². The van der Waals surface area contributed by atoms with Crippen LogP contribution < -0.4 is 5.11 Å². The molecule has 0 saturated carbocycles. The van der Waals surface area contributed by atoms with Crippen LogP contribution in [0.2, 0.25) is 0 Å². The number of ether oxygens (including phenoxy) is 3. The Balaban J connectivity index is 0.00000139. The third kappa shape index (κ3) is 7.77. The second-order valence-electron chi connectivity index (χ2n) is 13.5. The van der Waals surface area contributed by atoms with Gasteiger partial charge in [0.05, 0.1) is 25.2 Å². The summed E-state index contributed by atoms with van der Waals surface area (Å²) in [5.74, 6) is -0.680. The van der Waals surface area contributed by atoms with Gasteiger partial charge in [-0.15, -0.1) is 0 Å². The van der Waals surface area contributed by atoms with E-state index in [9.17, 15) is 9.59 Å². The van der Waals surface area contributed by atoms with Gasteiger partial charge in [-0.25, -0.2) is 4.79 Å². The van der Waals surface area contributed by atoms with E-state index in [1.807, 2.05) is 105 Å². The van der Waals surface area contributed by atoms with Crippen molar-refractivity contribution in [2.45, 2.75) is 95.3 Å². The fraction of sp³-hybridized carbons (Fsp3) is 0.462. The summed E-state index contributed by atoms with van der Waals surface area (Å²) < 4.78 is 20.7. The van der Waals surface area contributed by atoms with Gasteiger partial charge in [0.2, 0.25) is 11.9 Å². The van der Waals surface area contributed by atoms with Crippen molar-refractivity contribution in [2.24, 2.45) is 5.92 Å². The first-order valence-corrected chi connectivity index (χ1v) is 17.0. The Morgan fingerprint density at radius 2 is 1.34 bits per heavy atom. The van der Waals surface area contributed by atoms with Crippen LogP contribution in [0, 0.1) is 5.92 Å². The van der Waals surface area contributed by atoms with E-state index in [0.29, 0.717) is 29.6 Å². The minimum absolute atomic E-state index is 0.126. The Labute approximate surface area is 278 Å². The number of esters is 2. The number of piperidine rings is 1. The molecule has 6 rings (SSSR count). The fourth-order valence-electron chi connectivity index (χ4n) is 8.11. The molecule has 3 fully saturated rings. The number of carbonyl (C=O) groups is 3. The van der Waals surface area contributed by atoms with Gasteiger partial charge in [0.1, 0.15) is 6.10 Å². The predicted octanol–water partition coefficient (Wildman–Crippen LogP) is 5.32. The van der Waals surface area contributed by atoms with E-state index in [1.165, 1.54) is 43.3 Å². The molecule has 250 valence electrons. The second-order valence-corrected chi connectivity index (χ2v) is 13.5. The summed E-state index contributed by atoms with van der Waals surface area (Å²) >= 11 is 0. The summed E-state index contributed by atoms with van der Waals surface area (Å²) in [5.41, 5.74) is 0.616. The van der Waals surface area contributed by atoms with Gasteiger partial charge in [-0.05, 0) is 22.6 Å². The topological polar surface area (TPSA) is 102 Å². The van der Waals surface area contributed by atoms with Gasteiger partial charge in [0.15, 0.2) is 0 Å². The van der Waals surface area contributed by atoms with Crippen LogP contribution in [0.5, 0.6) is 0 Å². The van der Waals surface area contributed by atoms with E-state index in [2.05, 4.69) is 0 Å². The third-order valence-electron chi connectivity index (χ3n) is 10.1. The van der Waals surface area contributed by atoms with Crippen molar-refractivity contribution in [2.75, 3.05) is 13.1 Å². The zero-order chi connectivity index (χ0) is 33.3. The number of rotatable bonds is 11. The van der Waals surface area contributed by atoms with Crippen molar-refractivity contribution in [1.29, 1.82) is 0 Å². The van der Waals surface area contributed by atoms with E-state index in [1.54, 1.807) is 0 Å². The molecule has 3 atom stereocenters. The fourth-order valence-corrected chi connectivity index (χ4v) is 8.11. The molecule has 47 heavy (non-hydrogen) atoms. The first-order valence-electron chi connectivity index (χ1n) is 17.0. The highest BCUT2D eigenvalue weighted by atomic mass is 16.7. The van der Waals surface area contributed by atoms with Crippen LogP contribution in [0.3, 0.4) is 0 Å². The molecule has 0 amide bonds. The quantitative estimate of drug-likeness (QED) is 0.121. The molecular formula is C39H47NO7. The van der Waals surface area contributed by atoms with Crippen LogP contribution in [0.25, 0.3) is 0 Å². The minimum Gasteiger partial charge on any atom is -0.554 e. The summed E-state index contributed by atoms with van der Waals surface area (Å²) in [4.78, 5) is 36.2. The lowest BCUT2D eigenvalue weighted by Crippen LogP contribution is -2.60. The van der Waals surface area contributed by atoms with E-state index < -0.39 is 24.3 Å². The number of nitrogens with zero attached hydrogens (tertiary/aromatic N) is 1. The Morgan fingerprint density at radius 3 is 1.83 bits per heavy atom. The molecule has 8 heteroatoms. The third-order valence-corrected chi connectivity index (χ3v) is 10.1. The normalized spacial score (nSPS) is 21.8. The highest BCUT2D eigenvalue weighted by Gasteiger charge is 2.57. The van der Waals surface area contributed by atoms with Crippen LogP contribution in [-0.4, -0.2) is 60.5 Å². The smallest absolute Gasteiger partial charge is 0.348 e. The van der Waals surface area contributed by atoms with Crippen LogP contribution in [-0.2, 0) is 40.6 Å². The minimum atomic E-state index is -1.63. The van der Waals surface area contributed by atoms with E-state index in [-0.39, 0.29) is 24.4 Å². The highest BCUT2D eigenvalue weighted by Crippen LogP contribution is 2.47. The molecule has 3 aliphatic rings. The summed E-state index contributed by atoms with van der Waals surface area (Å²) in [5, 5.41) is 8.25. The maximum atomic E-state index is 14.8. The molecule has 3 aromatic rings. The SMILES string of the molecule is CC(C)CC(=O)OC(Cc1ccccc1)OC(C(=O)OC1CC2CCC(C1)[N+]21CCCC1)(c1ccccc1)c1ccccc1.O=C[O-]. The highest BCUT2D eigenvalue weighted by molar-refractivity contribution is 5.86. The summed E-state index contributed by atoms with van der Waals surface area (Å²) in [6, 6.07) is 30.0. The van der Waals surface area contributed by atoms with Crippen molar-refractivity contribution < 1.29 is 38.2 Å². The van der Waals surface area contributed by atoms with Crippen LogP contribution in [0.4, 0.5) is 0 Å². The Hall–Kier alpha value is -4.01. The molecule has 0 N–H and O–H groups in total. The average Bonchev–Trinajstić information content (AvgIpc) is 3.61. The lowest BCUT2D eigenvalue weighted by Gasteiger charge is -2.47. The molecular weight excluding hydrogens is 594 g/mol. The van der Waals surface area contributed by atoms with Gasteiger partial charge >= 0.3 is 11.9 Å². The van der Waals surface area contributed by atoms with Crippen molar-refractivity contribution in [3.63, 3.8) is 0 Å². The number of hydrogen-bond donors (Lipinski definition) is 0. The number of carbonyl (C=O) groups excluding carboxylic acids is 3. The molecule has 0 aromatic heterocycles. The zero-order valence-corrected chi connectivity index (χ0v) is 27.5. The summed E-state index contributed by atoms with van der Waals surface area (Å²) in [6.07, 6.45) is 6.17. The number of carboxylic acid groups (broad SMARTS) is 1. The predicted molar refractivity (Wildman–Crippen MR) is 175 cm³/mol. The van der Waals surface area contributed by atoms with Crippen molar-refractivity contribution in [1.82, 2.24) is 0 Å². The molecule has 0 aliphatic carbocycles. The Bertz CT molecular complexity index is 1380. The maximum absolute atomic E-state index is 14.8. The van der Waals surface area contributed by atoms with Crippen LogP contribution >= 0.6 is 0 Å². The largest absolute Gasteiger partial charge is 0.554 e. The van der Waals surface area contributed by atoms with Crippen LogP contribution in [0.15, 0.2) is 91.0 Å². The number of benzene rings is 3. The van der Waals surface area contributed by atoms with Gasteiger partial charge in [0.25, 0.3) is 0 Å². The molecule has 0 radical (unpaired) electrons. The monoisotopic (exact) mass is 641 g/mol. The molecule has 3 heterocycles. The molecule has 3 aliphatic heterocycles. The van der Waals surface area contributed by atoms with Crippen LogP contribution in [0.1, 0.15) is 75.5 Å². The first-order chi connectivity index (χ1) is 22.8. The molecule has 3 unspecified atom stereocenters. The van der Waals surface area contributed by atoms with Crippen molar-refractivity contribution >= 4 is 18.4 Å². The van der Waals surface area contributed by atoms with Gasteiger partial charge < -0.3 is 28.6 Å². The van der Waals surface area contributed by atoms with Gasteiger partial charge in [-0.1, -0.05) is 105 Å². The van der Waals surface area contributed by atoms with Gasteiger partial charge in [-0.2, -0.15) is 0 Å². The lowest BCUT2D eigenvalue weighted by atomic mass is 9.85. The Kier molecular flexibility index (Phi) is 11.5. The molecule has 1 spiro atoms. The lowest BCUT2D eigenvalue weighted by molar-refractivity contribution is -0.956. The standard InChI is InChI=1S/C38H46NO5.CH2O2/c1-28(2)24-35(40)43-36(25-29-14-6-3-7-15-29)44-38(30-16-8-4-9-17-30,31-18-10-5-11-19-31)37(41)42-34-26-32-20-21-33(27-34)39(32)22-12-13-23-39;2-1-3/h3-11,14-19,28,32-34,36H,12-13,20-27H2,1-2H3;1H,(H,2,3)/q+1;/p-1. The number of quaternary nitrogens is 1. The summed E-state index contributed by atoms with van der Waals surface area (Å²) in [6.45, 7) is 5.99. The van der Waals surface area contributed by atoms with Gasteiger partial charge in [-0.3, -0.25) is 4.79 Å². The van der Waals surface area contributed by atoms with E-state index in [0.717, 1.165) is 18.4 Å². The number of hydrogen-bond acceptors (Lipinski definition) is 7. The molecule has 3 aromatic carbocycles. The van der Waals surface area contributed by atoms with Crippen molar-refractivity contribution in [3.05, 3.63) is 108 Å². The Morgan fingerprint density at radius 1 is 0.851 bits per heavy atom. The maximum Gasteiger partial charge on any atom is 0.348 e. The molecule has 3 saturated heterocycles. The van der Waals surface area contributed by atoms with Crippen molar-refractivity contribution in [3.8, 4) is 0 Å². The molecule has 2 bridgehead atoms. The van der Waals surface area contributed by atoms with E-state index in [4.69, 9.17) is 24.1 Å². The summed E-state index contributed by atoms with van der Waals surface area (Å²) in [7, 11) is 0. The first kappa shape index (κ1) is 34.3. The molecule has 8 nitrogen and oxygen atoms in total.